The fourth-order valence-electron chi connectivity index (χ4n) is 2.33. The molecule has 0 radical (unpaired) electrons. The average molecular weight is 229 g/mol. The van der Waals surface area contributed by atoms with Crippen molar-refractivity contribution in [3.05, 3.63) is 0 Å². The fraction of sp³-hybridized carbons (Fsp3) is 1.00. The van der Waals surface area contributed by atoms with E-state index in [0.29, 0.717) is 6.04 Å². The lowest BCUT2D eigenvalue weighted by Gasteiger charge is -2.19. The fourth-order valence-corrected chi connectivity index (χ4v) is 2.92. The van der Waals surface area contributed by atoms with Crippen LogP contribution in [0.25, 0.3) is 0 Å². The molecule has 1 fully saturated rings. The summed E-state index contributed by atoms with van der Waals surface area (Å²) >= 11 is 1.95. The number of rotatable bonds is 6. The van der Waals surface area contributed by atoms with Gasteiger partial charge in [0.25, 0.3) is 0 Å². The Hall–Kier alpha value is 0.310. The molecule has 1 rings (SSSR count). The molecule has 0 aliphatic heterocycles. The summed E-state index contributed by atoms with van der Waals surface area (Å²) in [5, 5.41) is 3.70. The molecule has 0 heterocycles. The standard InChI is InChI=1S/C13H27NS/c1-12(9-10-15-2)14-11-13-7-5-3-4-6-8-13/h12-14H,3-11H2,1-2H3. The zero-order valence-electron chi connectivity index (χ0n) is 10.4. The highest BCUT2D eigenvalue weighted by atomic mass is 32.2. The van der Waals surface area contributed by atoms with Gasteiger partial charge in [-0.15, -0.1) is 0 Å². The molecule has 1 atom stereocenters. The molecule has 0 amide bonds. The predicted octanol–water partition coefficient (Wildman–Crippen LogP) is 3.69. The van der Waals surface area contributed by atoms with Gasteiger partial charge in [0.05, 0.1) is 0 Å². The molecule has 1 N–H and O–H groups in total. The first kappa shape index (κ1) is 13.4. The van der Waals surface area contributed by atoms with Crippen molar-refractivity contribution < 1.29 is 0 Å². The summed E-state index contributed by atoms with van der Waals surface area (Å²) in [7, 11) is 0. The van der Waals surface area contributed by atoms with Crippen molar-refractivity contribution in [2.75, 3.05) is 18.6 Å². The Balaban J connectivity index is 2.06. The van der Waals surface area contributed by atoms with Crippen LogP contribution >= 0.6 is 11.8 Å². The summed E-state index contributed by atoms with van der Waals surface area (Å²) in [5.41, 5.74) is 0. The van der Waals surface area contributed by atoms with Gasteiger partial charge in [-0.2, -0.15) is 11.8 Å². The lowest BCUT2D eigenvalue weighted by atomic mass is 10.00. The summed E-state index contributed by atoms with van der Waals surface area (Å²) in [5.74, 6) is 2.25. The van der Waals surface area contributed by atoms with Crippen molar-refractivity contribution in [1.29, 1.82) is 0 Å². The van der Waals surface area contributed by atoms with E-state index in [4.69, 9.17) is 0 Å². The van der Waals surface area contributed by atoms with Gasteiger partial charge in [-0.3, -0.25) is 0 Å². The first-order chi connectivity index (χ1) is 7.33. The van der Waals surface area contributed by atoms with Crippen LogP contribution in [0.1, 0.15) is 51.9 Å². The maximum absolute atomic E-state index is 3.70. The van der Waals surface area contributed by atoms with Crippen LogP contribution in [0.3, 0.4) is 0 Å². The van der Waals surface area contributed by atoms with Crippen LogP contribution in [-0.2, 0) is 0 Å². The van der Waals surface area contributed by atoms with Crippen LogP contribution in [-0.4, -0.2) is 24.6 Å². The molecule has 90 valence electrons. The van der Waals surface area contributed by atoms with Crippen molar-refractivity contribution in [3.63, 3.8) is 0 Å². The van der Waals surface area contributed by atoms with E-state index < -0.39 is 0 Å². The highest BCUT2D eigenvalue weighted by Gasteiger charge is 2.12. The largest absolute Gasteiger partial charge is 0.314 e. The minimum absolute atomic E-state index is 0.709. The van der Waals surface area contributed by atoms with E-state index in [0.717, 1.165) is 5.92 Å². The molecule has 1 unspecified atom stereocenters. The molecule has 2 heteroatoms. The Morgan fingerprint density at radius 3 is 2.47 bits per heavy atom. The van der Waals surface area contributed by atoms with Crippen LogP contribution in [0, 0.1) is 5.92 Å². The number of nitrogens with one attached hydrogen (secondary N) is 1. The van der Waals surface area contributed by atoms with E-state index in [9.17, 15) is 0 Å². The second kappa shape index (κ2) is 8.46. The van der Waals surface area contributed by atoms with Crippen LogP contribution in [0.2, 0.25) is 0 Å². The van der Waals surface area contributed by atoms with Gasteiger partial charge in [0.15, 0.2) is 0 Å². The number of hydrogen-bond acceptors (Lipinski definition) is 2. The van der Waals surface area contributed by atoms with Crippen LogP contribution in [0.15, 0.2) is 0 Å². The van der Waals surface area contributed by atoms with E-state index in [2.05, 4.69) is 18.5 Å². The molecule has 15 heavy (non-hydrogen) atoms. The van der Waals surface area contributed by atoms with E-state index in [1.165, 1.54) is 57.2 Å². The Bertz CT molecular complexity index is 141. The molecule has 1 aliphatic carbocycles. The van der Waals surface area contributed by atoms with Crippen molar-refractivity contribution >= 4 is 11.8 Å². The van der Waals surface area contributed by atoms with Gasteiger partial charge < -0.3 is 5.32 Å². The highest BCUT2D eigenvalue weighted by Crippen LogP contribution is 2.22. The van der Waals surface area contributed by atoms with E-state index in [-0.39, 0.29) is 0 Å². The zero-order chi connectivity index (χ0) is 10.9. The van der Waals surface area contributed by atoms with Gasteiger partial charge in [-0.05, 0) is 50.7 Å². The van der Waals surface area contributed by atoms with E-state index in [1.54, 1.807) is 0 Å². The Labute approximate surface area is 99.8 Å². The molecule has 1 nitrogen and oxygen atoms in total. The van der Waals surface area contributed by atoms with Crippen LogP contribution in [0.5, 0.6) is 0 Å². The lowest BCUT2D eigenvalue weighted by molar-refractivity contribution is 0.396. The lowest BCUT2D eigenvalue weighted by Crippen LogP contribution is -2.31. The van der Waals surface area contributed by atoms with Gasteiger partial charge in [-0.1, -0.05) is 25.7 Å². The maximum atomic E-state index is 3.70. The Morgan fingerprint density at radius 1 is 1.20 bits per heavy atom. The Morgan fingerprint density at radius 2 is 1.87 bits per heavy atom. The van der Waals surface area contributed by atoms with Crippen LogP contribution in [0.4, 0.5) is 0 Å². The number of thioether (sulfide) groups is 1. The molecular formula is C13H27NS. The molecule has 0 aromatic heterocycles. The third-order valence-electron chi connectivity index (χ3n) is 3.48. The van der Waals surface area contributed by atoms with Crippen molar-refractivity contribution in [2.45, 2.75) is 57.9 Å². The summed E-state index contributed by atoms with van der Waals surface area (Å²) in [6, 6.07) is 0.709. The van der Waals surface area contributed by atoms with Gasteiger partial charge in [-0.25, -0.2) is 0 Å². The summed E-state index contributed by atoms with van der Waals surface area (Å²) in [6.07, 6.45) is 12.3. The minimum Gasteiger partial charge on any atom is -0.314 e. The normalized spacial score (nSPS) is 21.2. The molecule has 1 aliphatic rings. The molecular weight excluding hydrogens is 202 g/mol. The third kappa shape index (κ3) is 6.47. The highest BCUT2D eigenvalue weighted by molar-refractivity contribution is 7.98. The first-order valence-corrected chi connectivity index (χ1v) is 7.94. The second-order valence-corrected chi connectivity index (χ2v) is 5.93. The summed E-state index contributed by atoms with van der Waals surface area (Å²) in [6.45, 7) is 3.59. The monoisotopic (exact) mass is 229 g/mol. The topological polar surface area (TPSA) is 12.0 Å². The SMILES string of the molecule is CSCCC(C)NCC1CCCCCC1. The zero-order valence-corrected chi connectivity index (χ0v) is 11.2. The van der Waals surface area contributed by atoms with Crippen molar-refractivity contribution in [3.8, 4) is 0 Å². The van der Waals surface area contributed by atoms with Gasteiger partial charge in [0.2, 0.25) is 0 Å². The molecule has 1 saturated carbocycles. The molecule has 0 aromatic rings. The molecule has 0 bridgehead atoms. The minimum atomic E-state index is 0.709. The van der Waals surface area contributed by atoms with E-state index in [1.807, 2.05) is 11.8 Å². The van der Waals surface area contributed by atoms with Gasteiger partial charge >= 0.3 is 0 Å². The van der Waals surface area contributed by atoms with Crippen molar-refractivity contribution in [2.24, 2.45) is 5.92 Å². The first-order valence-electron chi connectivity index (χ1n) is 6.55. The van der Waals surface area contributed by atoms with Gasteiger partial charge in [0, 0.05) is 6.04 Å². The smallest absolute Gasteiger partial charge is 0.00466 e. The predicted molar refractivity (Wildman–Crippen MR) is 71.7 cm³/mol. The summed E-state index contributed by atoms with van der Waals surface area (Å²) in [4.78, 5) is 0. The van der Waals surface area contributed by atoms with Gasteiger partial charge in [0.1, 0.15) is 0 Å². The van der Waals surface area contributed by atoms with Crippen LogP contribution < -0.4 is 5.32 Å². The molecule has 0 saturated heterocycles. The Kier molecular flexibility index (Phi) is 7.54. The summed E-state index contributed by atoms with van der Waals surface area (Å²) < 4.78 is 0. The molecule has 0 aromatic carbocycles. The molecule has 0 spiro atoms. The maximum Gasteiger partial charge on any atom is 0.00466 e. The van der Waals surface area contributed by atoms with E-state index >= 15 is 0 Å². The second-order valence-electron chi connectivity index (χ2n) is 4.95. The number of hydrogen-bond donors (Lipinski definition) is 1. The average Bonchev–Trinajstić information content (AvgIpc) is 2.51. The third-order valence-corrected chi connectivity index (χ3v) is 4.13. The van der Waals surface area contributed by atoms with Crippen molar-refractivity contribution in [1.82, 2.24) is 5.32 Å². The quantitative estimate of drug-likeness (QED) is 0.697.